The van der Waals surface area contributed by atoms with Crippen LogP contribution in [0.2, 0.25) is 10.0 Å². The van der Waals surface area contributed by atoms with Crippen LogP contribution < -0.4 is 0 Å². The van der Waals surface area contributed by atoms with E-state index in [-0.39, 0.29) is 34.3 Å². The number of hydrogen-bond acceptors (Lipinski definition) is 3. The van der Waals surface area contributed by atoms with Gasteiger partial charge in [0.15, 0.2) is 11.6 Å². The van der Waals surface area contributed by atoms with Crippen LogP contribution in [0.4, 0.5) is 0 Å². The number of carbonyl (C=O) groups excluding carboxylic acids is 2. The molecule has 0 fully saturated rings. The summed E-state index contributed by atoms with van der Waals surface area (Å²) in [4.78, 5) is 27.7. The zero-order valence-corrected chi connectivity index (χ0v) is 11.6. The fourth-order valence-electron chi connectivity index (χ4n) is 1.60. The molecule has 0 radical (unpaired) electrons. The minimum Gasteiger partial charge on any atom is -0.340 e. The molecule has 0 saturated carbocycles. The first-order valence-electron chi connectivity index (χ1n) is 5.47. The van der Waals surface area contributed by atoms with Gasteiger partial charge in [0.25, 0.3) is 0 Å². The second kappa shape index (κ2) is 5.55. The Morgan fingerprint density at radius 1 is 1.26 bits per heavy atom. The van der Waals surface area contributed by atoms with Crippen molar-refractivity contribution < 1.29 is 9.59 Å². The fourth-order valence-corrected chi connectivity index (χ4v) is 2.12. The van der Waals surface area contributed by atoms with Gasteiger partial charge in [-0.15, -0.1) is 0 Å². The Morgan fingerprint density at radius 2 is 2.00 bits per heavy atom. The SMILES string of the molecule is Cn1cnc(C(=O)CC(=O)c2ccc(Cl)cc2Cl)c1. The highest BCUT2D eigenvalue weighted by Crippen LogP contribution is 2.22. The molecule has 2 rings (SSSR count). The minimum atomic E-state index is -0.350. The van der Waals surface area contributed by atoms with Crippen LogP contribution in [0.3, 0.4) is 0 Å². The number of hydrogen-bond donors (Lipinski definition) is 0. The van der Waals surface area contributed by atoms with E-state index in [1.807, 2.05) is 0 Å². The minimum absolute atomic E-state index is 0.242. The lowest BCUT2D eigenvalue weighted by Crippen LogP contribution is -2.09. The second-order valence-electron chi connectivity index (χ2n) is 4.07. The van der Waals surface area contributed by atoms with Crippen LogP contribution in [0.1, 0.15) is 27.3 Å². The first-order chi connectivity index (χ1) is 8.97. The lowest BCUT2D eigenvalue weighted by molar-refractivity contribution is 0.0892. The first-order valence-corrected chi connectivity index (χ1v) is 6.22. The van der Waals surface area contributed by atoms with Gasteiger partial charge in [0.2, 0.25) is 0 Å². The molecular formula is C13H10Cl2N2O2. The highest BCUT2D eigenvalue weighted by Gasteiger charge is 2.17. The molecule has 98 valence electrons. The maximum atomic E-state index is 12.0. The van der Waals surface area contributed by atoms with Crippen molar-refractivity contribution >= 4 is 34.8 Å². The molecule has 0 unspecified atom stereocenters. The quantitative estimate of drug-likeness (QED) is 0.643. The molecular weight excluding hydrogens is 287 g/mol. The van der Waals surface area contributed by atoms with E-state index in [1.54, 1.807) is 23.9 Å². The summed E-state index contributed by atoms with van der Waals surface area (Å²) < 4.78 is 1.65. The third-order valence-corrected chi connectivity index (χ3v) is 3.09. The average Bonchev–Trinajstić information content (AvgIpc) is 2.75. The van der Waals surface area contributed by atoms with Crippen LogP contribution in [0.15, 0.2) is 30.7 Å². The van der Waals surface area contributed by atoms with E-state index in [9.17, 15) is 9.59 Å². The third kappa shape index (κ3) is 3.22. The van der Waals surface area contributed by atoms with Gasteiger partial charge in [-0.05, 0) is 18.2 Å². The van der Waals surface area contributed by atoms with E-state index in [0.717, 1.165) is 0 Å². The molecule has 0 saturated heterocycles. The van der Waals surface area contributed by atoms with E-state index in [0.29, 0.717) is 5.02 Å². The van der Waals surface area contributed by atoms with Gasteiger partial charge in [0.1, 0.15) is 5.69 Å². The Morgan fingerprint density at radius 3 is 2.58 bits per heavy atom. The summed E-state index contributed by atoms with van der Waals surface area (Å²) in [6, 6.07) is 4.55. The molecule has 0 N–H and O–H groups in total. The van der Waals surface area contributed by atoms with Crippen molar-refractivity contribution in [3.63, 3.8) is 0 Å². The smallest absolute Gasteiger partial charge is 0.190 e. The molecule has 19 heavy (non-hydrogen) atoms. The van der Waals surface area contributed by atoms with Crippen LogP contribution in [-0.2, 0) is 7.05 Å². The van der Waals surface area contributed by atoms with Gasteiger partial charge in [-0.25, -0.2) is 4.98 Å². The van der Waals surface area contributed by atoms with Crippen molar-refractivity contribution in [1.82, 2.24) is 9.55 Å². The average molecular weight is 297 g/mol. The number of benzene rings is 1. The number of rotatable bonds is 4. The van der Waals surface area contributed by atoms with Crippen molar-refractivity contribution in [2.24, 2.45) is 7.05 Å². The molecule has 6 heteroatoms. The Hall–Kier alpha value is -1.65. The molecule has 2 aromatic rings. The number of halogens is 2. The molecule has 0 aliphatic carbocycles. The van der Waals surface area contributed by atoms with Crippen LogP contribution in [-0.4, -0.2) is 21.1 Å². The number of imidazole rings is 1. The molecule has 0 aliphatic heterocycles. The summed E-state index contributed by atoms with van der Waals surface area (Å²) in [5.41, 5.74) is 0.552. The zero-order valence-electron chi connectivity index (χ0n) is 10.1. The van der Waals surface area contributed by atoms with Gasteiger partial charge < -0.3 is 4.57 Å². The van der Waals surface area contributed by atoms with Gasteiger partial charge in [0, 0.05) is 23.8 Å². The van der Waals surface area contributed by atoms with Crippen LogP contribution >= 0.6 is 23.2 Å². The Kier molecular flexibility index (Phi) is 4.02. The number of ketones is 2. The van der Waals surface area contributed by atoms with Crippen molar-refractivity contribution in [3.05, 3.63) is 52.0 Å². The normalized spacial score (nSPS) is 10.5. The van der Waals surface area contributed by atoms with Crippen LogP contribution in [0, 0.1) is 0 Å². The van der Waals surface area contributed by atoms with Crippen molar-refractivity contribution in [2.45, 2.75) is 6.42 Å². The molecule has 0 atom stereocenters. The molecule has 0 spiro atoms. The second-order valence-corrected chi connectivity index (χ2v) is 4.92. The Labute approximate surface area is 120 Å². The monoisotopic (exact) mass is 296 g/mol. The van der Waals surface area contributed by atoms with Gasteiger partial charge in [0.05, 0.1) is 17.8 Å². The van der Waals surface area contributed by atoms with Gasteiger partial charge >= 0.3 is 0 Å². The highest BCUT2D eigenvalue weighted by molar-refractivity contribution is 6.37. The maximum absolute atomic E-state index is 12.0. The summed E-state index contributed by atoms with van der Waals surface area (Å²) in [6.07, 6.45) is 2.81. The predicted molar refractivity (Wildman–Crippen MR) is 72.9 cm³/mol. The van der Waals surface area contributed by atoms with Gasteiger partial charge in [-0.2, -0.15) is 0 Å². The lowest BCUT2D eigenvalue weighted by atomic mass is 10.0. The summed E-state index contributed by atoms with van der Waals surface area (Å²) in [7, 11) is 1.75. The molecule has 1 heterocycles. The number of nitrogens with zero attached hydrogens (tertiary/aromatic N) is 2. The number of aryl methyl sites for hydroxylation is 1. The van der Waals surface area contributed by atoms with Crippen LogP contribution in [0.25, 0.3) is 0 Å². The first kappa shape index (κ1) is 13.8. The maximum Gasteiger partial charge on any atom is 0.190 e. The van der Waals surface area contributed by atoms with E-state index in [2.05, 4.69) is 4.98 Å². The molecule has 4 nitrogen and oxygen atoms in total. The van der Waals surface area contributed by atoms with E-state index < -0.39 is 0 Å². The predicted octanol–water partition coefficient (Wildman–Crippen LogP) is 3.18. The van der Waals surface area contributed by atoms with Crippen LogP contribution in [0.5, 0.6) is 0 Å². The van der Waals surface area contributed by atoms with E-state index >= 15 is 0 Å². The van der Waals surface area contributed by atoms with Gasteiger partial charge in [-0.1, -0.05) is 23.2 Å². The summed E-state index contributed by atoms with van der Waals surface area (Å²) in [6.45, 7) is 0. The number of Topliss-reactive ketones (excluding diaryl/α,β-unsaturated/α-hetero) is 2. The molecule has 1 aromatic heterocycles. The summed E-state index contributed by atoms with van der Waals surface area (Å²) in [5.74, 6) is -0.686. The summed E-state index contributed by atoms with van der Waals surface area (Å²) >= 11 is 11.7. The van der Waals surface area contributed by atoms with Crippen molar-refractivity contribution in [1.29, 1.82) is 0 Å². The van der Waals surface area contributed by atoms with E-state index in [1.165, 1.54) is 18.5 Å². The molecule has 0 amide bonds. The highest BCUT2D eigenvalue weighted by atomic mass is 35.5. The molecule has 0 bridgehead atoms. The Balaban J connectivity index is 2.15. The Bertz CT molecular complexity index is 650. The lowest BCUT2D eigenvalue weighted by Gasteiger charge is -2.02. The fraction of sp³-hybridized carbons (Fsp3) is 0.154. The van der Waals surface area contributed by atoms with Gasteiger partial charge in [-0.3, -0.25) is 9.59 Å². The number of aromatic nitrogens is 2. The standard InChI is InChI=1S/C13H10Cl2N2O2/c1-17-6-11(16-7-17)13(19)5-12(18)9-3-2-8(14)4-10(9)15/h2-4,6-7H,5H2,1H3. The largest absolute Gasteiger partial charge is 0.340 e. The zero-order chi connectivity index (χ0) is 14.0. The number of carbonyl (C=O) groups is 2. The third-order valence-electron chi connectivity index (χ3n) is 2.54. The van der Waals surface area contributed by atoms with Crippen molar-refractivity contribution in [2.75, 3.05) is 0 Å². The molecule has 1 aromatic carbocycles. The topological polar surface area (TPSA) is 52.0 Å². The van der Waals surface area contributed by atoms with E-state index in [4.69, 9.17) is 23.2 Å². The van der Waals surface area contributed by atoms with Crippen molar-refractivity contribution in [3.8, 4) is 0 Å². The summed E-state index contributed by atoms with van der Waals surface area (Å²) in [5, 5.41) is 0.684. The molecule has 0 aliphatic rings.